The largest absolute Gasteiger partial charge is 0.454 e. The second kappa shape index (κ2) is 5.06. The van der Waals surface area contributed by atoms with Gasteiger partial charge in [0, 0.05) is 10.4 Å². The van der Waals surface area contributed by atoms with Crippen LogP contribution in [0.2, 0.25) is 0 Å². The van der Waals surface area contributed by atoms with Crippen LogP contribution in [-0.2, 0) is 15.1 Å². The minimum absolute atomic E-state index is 0.0468. The van der Waals surface area contributed by atoms with Crippen LogP contribution in [0, 0.1) is 0 Å². The average molecular weight is 331 g/mol. The number of esters is 1. The molecule has 1 fully saturated rings. The predicted molar refractivity (Wildman–Crippen MR) is 81.4 cm³/mol. The topological polar surface area (TPSA) is 26.3 Å². The standard InChI is InChI=1S/C17H15BrO2/c1-17(13-5-3-2-4-6-13)15(11-16(19)20-17)12-7-9-14(18)10-8-12/h2-10,15H,11H2,1H3/t15-,17-/m0/s1. The Morgan fingerprint density at radius 2 is 1.75 bits per heavy atom. The molecule has 2 atom stereocenters. The Balaban J connectivity index is 2.04. The first-order valence-corrected chi connectivity index (χ1v) is 7.42. The lowest BCUT2D eigenvalue weighted by Gasteiger charge is -2.30. The zero-order valence-corrected chi connectivity index (χ0v) is 12.8. The molecule has 1 saturated heterocycles. The van der Waals surface area contributed by atoms with Gasteiger partial charge in [-0.2, -0.15) is 0 Å². The molecule has 102 valence electrons. The van der Waals surface area contributed by atoms with Crippen LogP contribution in [0.15, 0.2) is 59.1 Å². The summed E-state index contributed by atoms with van der Waals surface area (Å²) in [6, 6.07) is 18.1. The van der Waals surface area contributed by atoms with Crippen molar-refractivity contribution in [2.75, 3.05) is 0 Å². The first-order valence-electron chi connectivity index (χ1n) is 6.62. The van der Waals surface area contributed by atoms with Crippen molar-refractivity contribution < 1.29 is 9.53 Å². The highest BCUT2D eigenvalue weighted by atomic mass is 79.9. The van der Waals surface area contributed by atoms with E-state index in [1.165, 1.54) is 0 Å². The molecule has 0 N–H and O–H groups in total. The molecular weight excluding hydrogens is 316 g/mol. The third kappa shape index (κ3) is 2.27. The van der Waals surface area contributed by atoms with Crippen molar-refractivity contribution >= 4 is 21.9 Å². The summed E-state index contributed by atoms with van der Waals surface area (Å²) in [5.74, 6) is -0.0882. The van der Waals surface area contributed by atoms with Gasteiger partial charge in [-0.15, -0.1) is 0 Å². The summed E-state index contributed by atoms with van der Waals surface area (Å²) < 4.78 is 6.72. The second-order valence-corrected chi connectivity index (χ2v) is 6.17. The Bertz CT molecular complexity index is 621. The van der Waals surface area contributed by atoms with Crippen molar-refractivity contribution in [2.24, 2.45) is 0 Å². The van der Waals surface area contributed by atoms with Gasteiger partial charge in [-0.1, -0.05) is 58.4 Å². The van der Waals surface area contributed by atoms with Crippen LogP contribution in [0.25, 0.3) is 0 Å². The van der Waals surface area contributed by atoms with Gasteiger partial charge in [0.25, 0.3) is 0 Å². The maximum absolute atomic E-state index is 11.9. The van der Waals surface area contributed by atoms with Gasteiger partial charge in [0.2, 0.25) is 0 Å². The van der Waals surface area contributed by atoms with E-state index in [4.69, 9.17) is 4.74 Å². The van der Waals surface area contributed by atoms with E-state index in [1.807, 2.05) is 49.4 Å². The zero-order valence-electron chi connectivity index (χ0n) is 11.2. The Hall–Kier alpha value is -1.61. The van der Waals surface area contributed by atoms with Gasteiger partial charge in [0.15, 0.2) is 0 Å². The molecule has 1 aliphatic rings. The van der Waals surface area contributed by atoms with Gasteiger partial charge >= 0.3 is 5.97 Å². The first-order chi connectivity index (χ1) is 9.59. The van der Waals surface area contributed by atoms with Crippen LogP contribution in [0.3, 0.4) is 0 Å². The molecule has 0 amide bonds. The molecule has 0 radical (unpaired) electrons. The molecule has 1 heterocycles. The third-order valence-corrected chi connectivity index (χ3v) is 4.51. The van der Waals surface area contributed by atoms with E-state index in [1.54, 1.807) is 0 Å². The van der Waals surface area contributed by atoms with Crippen LogP contribution < -0.4 is 0 Å². The van der Waals surface area contributed by atoms with Crippen molar-refractivity contribution in [3.05, 3.63) is 70.2 Å². The molecule has 2 nitrogen and oxygen atoms in total. The lowest BCUT2D eigenvalue weighted by Crippen LogP contribution is -2.27. The monoisotopic (exact) mass is 330 g/mol. The fourth-order valence-electron chi connectivity index (χ4n) is 2.87. The van der Waals surface area contributed by atoms with E-state index in [-0.39, 0.29) is 11.9 Å². The van der Waals surface area contributed by atoms with Crippen LogP contribution in [0.1, 0.15) is 30.4 Å². The molecular formula is C17H15BrO2. The van der Waals surface area contributed by atoms with Crippen molar-refractivity contribution in [1.29, 1.82) is 0 Å². The van der Waals surface area contributed by atoms with E-state index >= 15 is 0 Å². The molecule has 0 spiro atoms. The van der Waals surface area contributed by atoms with Crippen molar-refractivity contribution in [3.63, 3.8) is 0 Å². The smallest absolute Gasteiger partial charge is 0.307 e. The van der Waals surface area contributed by atoms with Gasteiger partial charge in [-0.3, -0.25) is 4.79 Å². The van der Waals surface area contributed by atoms with Gasteiger partial charge in [-0.05, 0) is 30.2 Å². The molecule has 0 aliphatic carbocycles. The molecule has 2 aromatic carbocycles. The van der Waals surface area contributed by atoms with Crippen molar-refractivity contribution in [1.82, 2.24) is 0 Å². The summed E-state index contributed by atoms with van der Waals surface area (Å²) in [6.07, 6.45) is 0.424. The van der Waals surface area contributed by atoms with Crippen LogP contribution in [0.4, 0.5) is 0 Å². The molecule has 0 aromatic heterocycles. The third-order valence-electron chi connectivity index (χ3n) is 3.98. The highest BCUT2D eigenvalue weighted by molar-refractivity contribution is 9.10. The summed E-state index contributed by atoms with van der Waals surface area (Å²) >= 11 is 3.44. The predicted octanol–water partition coefficient (Wildman–Crippen LogP) is 4.40. The van der Waals surface area contributed by atoms with E-state index < -0.39 is 5.60 Å². The van der Waals surface area contributed by atoms with E-state index in [0.29, 0.717) is 6.42 Å². The molecule has 0 saturated carbocycles. The van der Waals surface area contributed by atoms with Gasteiger partial charge in [-0.25, -0.2) is 0 Å². The lowest BCUT2D eigenvalue weighted by atomic mass is 9.79. The van der Waals surface area contributed by atoms with Gasteiger partial charge in [0.05, 0.1) is 6.42 Å². The molecule has 0 unspecified atom stereocenters. The van der Waals surface area contributed by atoms with E-state index in [2.05, 4.69) is 28.1 Å². The fraction of sp³-hybridized carbons (Fsp3) is 0.235. The summed E-state index contributed by atoms with van der Waals surface area (Å²) in [5, 5.41) is 0. The summed E-state index contributed by atoms with van der Waals surface area (Å²) in [4.78, 5) is 11.9. The molecule has 1 aliphatic heterocycles. The van der Waals surface area contributed by atoms with Crippen LogP contribution >= 0.6 is 15.9 Å². The SMILES string of the molecule is C[C@@]1(c2ccccc2)OC(=O)C[C@H]1c1ccc(Br)cc1. The Labute approximate surface area is 126 Å². The first kappa shape index (κ1) is 13.4. The number of ether oxygens (including phenoxy) is 1. The zero-order chi connectivity index (χ0) is 14.2. The van der Waals surface area contributed by atoms with Crippen molar-refractivity contribution in [2.45, 2.75) is 24.9 Å². The lowest BCUT2D eigenvalue weighted by molar-refractivity contribution is -0.148. The van der Waals surface area contributed by atoms with Crippen LogP contribution in [0.5, 0.6) is 0 Å². The number of carbonyl (C=O) groups is 1. The Morgan fingerprint density at radius 1 is 1.10 bits per heavy atom. The molecule has 3 rings (SSSR count). The quantitative estimate of drug-likeness (QED) is 0.763. The van der Waals surface area contributed by atoms with E-state index in [9.17, 15) is 4.79 Å². The molecule has 0 bridgehead atoms. The van der Waals surface area contributed by atoms with Crippen LogP contribution in [-0.4, -0.2) is 5.97 Å². The number of rotatable bonds is 2. The molecule has 2 aromatic rings. The highest BCUT2D eigenvalue weighted by Gasteiger charge is 2.47. The summed E-state index contributed by atoms with van der Waals surface area (Å²) in [6.45, 7) is 2.00. The normalized spacial score (nSPS) is 25.5. The Kier molecular flexibility index (Phi) is 3.38. The van der Waals surface area contributed by atoms with Gasteiger partial charge in [0.1, 0.15) is 5.60 Å². The van der Waals surface area contributed by atoms with E-state index in [0.717, 1.165) is 15.6 Å². The summed E-state index contributed by atoms with van der Waals surface area (Å²) in [7, 11) is 0. The molecule has 3 heteroatoms. The second-order valence-electron chi connectivity index (χ2n) is 5.26. The number of halogens is 1. The molecule has 20 heavy (non-hydrogen) atoms. The number of hydrogen-bond donors (Lipinski definition) is 0. The fourth-order valence-corrected chi connectivity index (χ4v) is 3.14. The average Bonchev–Trinajstić information content (AvgIpc) is 2.77. The number of hydrogen-bond acceptors (Lipinski definition) is 2. The number of cyclic esters (lactones) is 1. The maximum atomic E-state index is 11.9. The number of benzene rings is 2. The highest BCUT2D eigenvalue weighted by Crippen LogP contribution is 2.47. The van der Waals surface area contributed by atoms with Gasteiger partial charge < -0.3 is 4.74 Å². The maximum Gasteiger partial charge on any atom is 0.307 e. The number of carbonyl (C=O) groups excluding carboxylic acids is 1. The summed E-state index contributed by atoms with van der Waals surface area (Å²) in [5.41, 5.74) is 1.58. The minimum Gasteiger partial charge on any atom is -0.454 e. The Morgan fingerprint density at radius 3 is 2.40 bits per heavy atom. The minimum atomic E-state index is -0.591. The van der Waals surface area contributed by atoms with Crippen molar-refractivity contribution in [3.8, 4) is 0 Å².